The van der Waals surface area contributed by atoms with E-state index in [9.17, 15) is 14.7 Å². The van der Waals surface area contributed by atoms with Gasteiger partial charge < -0.3 is 19.9 Å². The Bertz CT molecular complexity index is 1310. The minimum atomic E-state index is -0.762. The lowest BCUT2D eigenvalue weighted by Crippen LogP contribution is -2.25. The normalized spacial score (nSPS) is 19.7. The van der Waals surface area contributed by atoms with Gasteiger partial charge in [0.25, 0.3) is 5.91 Å². The van der Waals surface area contributed by atoms with E-state index in [1.807, 2.05) is 12.1 Å². The zero-order chi connectivity index (χ0) is 23.5. The predicted octanol–water partition coefficient (Wildman–Crippen LogP) is 2.58. The number of amides is 1. The first-order valence-corrected chi connectivity index (χ1v) is 10.7. The highest BCUT2D eigenvalue weighted by atomic mass is 16.6. The summed E-state index contributed by atoms with van der Waals surface area (Å²) >= 11 is 0. The molecule has 3 unspecified atom stereocenters. The largest absolute Gasteiger partial charge is 0.454 e. The van der Waals surface area contributed by atoms with E-state index in [0.29, 0.717) is 28.7 Å². The first-order valence-electron chi connectivity index (χ1n) is 10.7. The van der Waals surface area contributed by atoms with E-state index in [1.54, 1.807) is 53.1 Å². The lowest BCUT2D eigenvalue weighted by molar-refractivity contribution is -0.0562. The van der Waals surface area contributed by atoms with Gasteiger partial charge in [-0.05, 0) is 24.3 Å². The number of rotatable bonds is 6. The van der Waals surface area contributed by atoms with Crippen molar-refractivity contribution in [1.82, 2.24) is 19.5 Å². The van der Waals surface area contributed by atoms with Crippen molar-refractivity contribution in [2.45, 2.75) is 24.9 Å². The molecule has 1 saturated heterocycles. The van der Waals surface area contributed by atoms with Gasteiger partial charge >= 0.3 is 5.97 Å². The van der Waals surface area contributed by atoms with E-state index in [0.717, 1.165) is 0 Å². The van der Waals surface area contributed by atoms with Gasteiger partial charge in [-0.3, -0.25) is 9.36 Å². The number of aromatic nitrogens is 4. The molecule has 0 radical (unpaired) electrons. The fraction of sp³-hybridized carbons (Fsp3) is 0.208. The highest BCUT2D eigenvalue weighted by Crippen LogP contribution is 2.34. The second-order valence-corrected chi connectivity index (χ2v) is 7.74. The zero-order valence-corrected chi connectivity index (χ0v) is 17.9. The second-order valence-electron chi connectivity index (χ2n) is 7.74. The Morgan fingerprint density at radius 2 is 1.74 bits per heavy atom. The van der Waals surface area contributed by atoms with Crippen LogP contribution in [0.4, 0.5) is 5.82 Å². The topological polar surface area (TPSA) is 128 Å². The number of aliphatic hydroxyl groups excluding tert-OH is 1. The minimum Gasteiger partial charge on any atom is -0.454 e. The van der Waals surface area contributed by atoms with Crippen LogP contribution in [0.25, 0.3) is 11.2 Å². The van der Waals surface area contributed by atoms with E-state index < -0.39 is 24.4 Å². The van der Waals surface area contributed by atoms with Crippen LogP contribution >= 0.6 is 0 Å². The fourth-order valence-electron chi connectivity index (χ4n) is 3.86. The molecule has 0 spiro atoms. The molecule has 1 aliphatic rings. The Hall–Kier alpha value is -4.15. The maximum absolute atomic E-state index is 12.6. The summed E-state index contributed by atoms with van der Waals surface area (Å²) in [5.74, 6) is -0.581. The van der Waals surface area contributed by atoms with Crippen molar-refractivity contribution in [2.24, 2.45) is 0 Å². The minimum absolute atomic E-state index is 0.226. The average Bonchev–Trinajstić information content (AvgIpc) is 3.49. The van der Waals surface area contributed by atoms with E-state index >= 15 is 0 Å². The summed E-state index contributed by atoms with van der Waals surface area (Å²) in [4.78, 5) is 38.1. The number of hydrogen-bond donors (Lipinski definition) is 2. The maximum atomic E-state index is 12.6. The van der Waals surface area contributed by atoms with Crippen molar-refractivity contribution in [1.29, 1.82) is 0 Å². The van der Waals surface area contributed by atoms with Gasteiger partial charge in [0.15, 0.2) is 23.2 Å². The second kappa shape index (κ2) is 9.38. The van der Waals surface area contributed by atoms with Crippen molar-refractivity contribution in [2.75, 3.05) is 11.9 Å². The number of ether oxygens (including phenoxy) is 2. The lowest BCUT2D eigenvalue weighted by Gasteiger charge is -2.20. The van der Waals surface area contributed by atoms with Gasteiger partial charge in [0.1, 0.15) is 12.4 Å². The molecule has 10 heteroatoms. The summed E-state index contributed by atoms with van der Waals surface area (Å²) in [6, 6.07) is 17.4. The summed E-state index contributed by atoms with van der Waals surface area (Å²) in [7, 11) is 0. The molecule has 5 rings (SSSR count). The smallest absolute Gasteiger partial charge is 0.338 e. The number of imidazole rings is 1. The van der Waals surface area contributed by atoms with Gasteiger partial charge in [-0.25, -0.2) is 19.7 Å². The third-order valence-electron chi connectivity index (χ3n) is 5.52. The Labute approximate surface area is 194 Å². The van der Waals surface area contributed by atoms with Crippen LogP contribution in [0.1, 0.15) is 33.4 Å². The Balaban J connectivity index is 1.42. The highest BCUT2D eigenvalue weighted by molar-refractivity contribution is 6.06. The van der Waals surface area contributed by atoms with E-state index in [1.165, 1.54) is 12.7 Å². The van der Waals surface area contributed by atoms with Crippen LogP contribution in [0.15, 0.2) is 73.3 Å². The van der Waals surface area contributed by atoms with Crippen LogP contribution in [0, 0.1) is 0 Å². The standard InChI is InChI=1S/C24H21N5O5/c30-12-17-11-18(34-24(32)16-9-5-2-6-10-16)23(33-17)29-14-27-19-20(25-13-26-21(19)29)28-22(31)15-7-3-1-4-8-15/h1-10,13-14,17-18,23,30H,11-12H2,(H,25,26,28,31). The summed E-state index contributed by atoms with van der Waals surface area (Å²) in [6.07, 6.45) is 1.15. The molecule has 4 aromatic rings. The number of hydrogen-bond acceptors (Lipinski definition) is 8. The first kappa shape index (κ1) is 21.7. The molecule has 0 bridgehead atoms. The van der Waals surface area contributed by atoms with Crippen LogP contribution in [-0.2, 0) is 9.47 Å². The molecule has 2 aromatic carbocycles. The average molecular weight is 459 g/mol. The van der Waals surface area contributed by atoms with Gasteiger partial charge in [0.05, 0.1) is 24.6 Å². The molecule has 3 heterocycles. The maximum Gasteiger partial charge on any atom is 0.338 e. The van der Waals surface area contributed by atoms with Gasteiger partial charge in [-0.2, -0.15) is 0 Å². The first-order chi connectivity index (χ1) is 16.6. The van der Waals surface area contributed by atoms with E-state index in [4.69, 9.17) is 9.47 Å². The SMILES string of the molecule is O=C(Nc1ncnc2c1ncn2C1OC(CO)CC1OC(=O)c1ccccc1)c1ccccc1. The summed E-state index contributed by atoms with van der Waals surface area (Å²) in [5, 5.41) is 12.4. The van der Waals surface area contributed by atoms with Crippen LogP contribution < -0.4 is 5.32 Å². The van der Waals surface area contributed by atoms with Crippen LogP contribution in [0.5, 0.6) is 0 Å². The number of benzene rings is 2. The number of esters is 1. The number of anilines is 1. The number of aliphatic hydroxyl groups is 1. The molecule has 1 aliphatic heterocycles. The van der Waals surface area contributed by atoms with Crippen LogP contribution in [0.3, 0.4) is 0 Å². The molecule has 0 saturated carbocycles. The number of carbonyl (C=O) groups is 2. The molecular formula is C24H21N5O5. The molecule has 1 amide bonds. The quantitative estimate of drug-likeness (QED) is 0.421. The summed E-state index contributed by atoms with van der Waals surface area (Å²) < 4.78 is 13.3. The molecule has 2 N–H and O–H groups in total. The van der Waals surface area contributed by atoms with E-state index in [-0.39, 0.29) is 18.3 Å². The third kappa shape index (κ3) is 4.24. The number of nitrogens with one attached hydrogen (secondary N) is 1. The lowest BCUT2D eigenvalue weighted by atomic mass is 10.2. The van der Waals surface area contributed by atoms with Gasteiger partial charge in [0.2, 0.25) is 0 Å². The van der Waals surface area contributed by atoms with Crippen molar-refractivity contribution in [3.05, 3.63) is 84.4 Å². The zero-order valence-electron chi connectivity index (χ0n) is 17.9. The van der Waals surface area contributed by atoms with Crippen molar-refractivity contribution in [3.63, 3.8) is 0 Å². The summed E-state index contributed by atoms with van der Waals surface area (Å²) in [5.41, 5.74) is 1.64. The monoisotopic (exact) mass is 459 g/mol. The molecule has 172 valence electrons. The molecule has 1 fully saturated rings. The van der Waals surface area contributed by atoms with Crippen molar-refractivity contribution < 1.29 is 24.2 Å². The number of carbonyl (C=O) groups excluding carboxylic acids is 2. The molecule has 34 heavy (non-hydrogen) atoms. The van der Waals surface area contributed by atoms with Gasteiger partial charge in [-0.1, -0.05) is 36.4 Å². The molecule has 2 aromatic heterocycles. The van der Waals surface area contributed by atoms with Crippen LogP contribution in [-0.4, -0.2) is 55.3 Å². The van der Waals surface area contributed by atoms with Crippen molar-refractivity contribution in [3.8, 4) is 0 Å². The van der Waals surface area contributed by atoms with Crippen molar-refractivity contribution >= 4 is 28.9 Å². The molecular weight excluding hydrogens is 438 g/mol. The Morgan fingerprint density at radius 1 is 1.03 bits per heavy atom. The summed E-state index contributed by atoms with van der Waals surface area (Å²) in [6.45, 7) is -0.226. The third-order valence-corrected chi connectivity index (χ3v) is 5.52. The number of fused-ring (bicyclic) bond motifs is 1. The molecule has 10 nitrogen and oxygen atoms in total. The fourth-order valence-corrected chi connectivity index (χ4v) is 3.86. The van der Waals surface area contributed by atoms with E-state index in [2.05, 4.69) is 20.3 Å². The van der Waals surface area contributed by atoms with Crippen LogP contribution in [0.2, 0.25) is 0 Å². The highest BCUT2D eigenvalue weighted by Gasteiger charge is 2.40. The Kier molecular flexibility index (Phi) is 5.98. The van der Waals surface area contributed by atoms with Gasteiger partial charge in [-0.15, -0.1) is 0 Å². The molecule has 3 atom stereocenters. The van der Waals surface area contributed by atoms with Gasteiger partial charge in [0, 0.05) is 12.0 Å². The Morgan fingerprint density at radius 3 is 2.44 bits per heavy atom. The number of nitrogens with zero attached hydrogens (tertiary/aromatic N) is 4. The predicted molar refractivity (Wildman–Crippen MR) is 121 cm³/mol. The molecule has 0 aliphatic carbocycles.